The first-order valence-electron chi connectivity index (χ1n) is 6.25. The number of aromatic nitrogens is 1. The lowest BCUT2D eigenvalue weighted by molar-refractivity contribution is -0.136. The summed E-state index contributed by atoms with van der Waals surface area (Å²) in [6.07, 6.45) is 0.236. The van der Waals surface area contributed by atoms with E-state index in [1.165, 1.54) is 0 Å². The van der Waals surface area contributed by atoms with Crippen molar-refractivity contribution in [2.45, 2.75) is 33.6 Å². The van der Waals surface area contributed by atoms with E-state index in [1.807, 2.05) is 32.9 Å². The van der Waals surface area contributed by atoms with E-state index in [9.17, 15) is 9.59 Å². The predicted octanol–water partition coefficient (Wildman–Crippen LogP) is 2.47. The van der Waals surface area contributed by atoms with Crippen molar-refractivity contribution >= 4 is 16.9 Å². The first-order valence-corrected chi connectivity index (χ1v) is 6.25. The fourth-order valence-corrected chi connectivity index (χ4v) is 2.38. The molecule has 0 radical (unpaired) electrons. The van der Waals surface area contributed by atoms with Gasteiger partial charge < -0.3 is 10.1 Å². The largest absolute Gasteiger partial charge is 0.481 e. The van der Waals surface area contributed by atoms with Crippen LogP contribution in [0.1, 0.15) is 28.8 Å². The smallest absolute Gasteiger partial charge is 0.303 e. The summed E-state index contributed by atoms with van der Waals surface area (Å²) in [5.41, 5.74) is 4.07. The molecule has 2 N–H and O–H groups in total. The molecule has 0 bridgehead atoms. The number of aromatic amines is 1. The summed E-state index contributed by atoms with van der Waals surface area (Å²) in [5.74, 6) is -0.889. The van der Waals surface area contributed by atoms with Gasteiger partial charge in [0, 0.05) is 23.1 Å². The van der Waals surface area contributed by atoms with Crippen LogP contribution >= 0.6 is 0 Å². The number of rotatable bonds is 3. The molecular weight excluding hydrogens is 242 g/mol. The third-order valence-electron chi connectivity index (χ3n) is 3.48. The number of hydrogen-bond acceptors (Lipinski definition) is 2. The lowest BCUT2D eigenvalue weighted by atomic mass is 9.99. The van der Waals surface area contributed by atoms with Crippen LogP contribution < -0.4 is 5.43 Å². The molecule has 0 unspecified atom stereocenters. The zero-order valence-electron chi connectivity index (χ0n) is 11.3. The molecule has 2 rings (SSSR count). The van der Waals surface area contributed by atoms with Crippen molar-refractivity contribution in [3.8, 4) is 0 Å². The van der Waals surface area contributed by atoms with Crippen molar-refractivity contribution in [2.24, 2.45) is 0 Å². The molecule has 0 spiro atoms. The first-order chi connectivity index (χ1) is 8.91. The van der Waals surface area contributed by atoms with E-state index in [1.54, 1.807) is 0 Å². The van der Waals surface area contributed by atoms with Gasteiger partial charge >= 0.3 is 5.97 Å². The molecule has 0 aliphatic heterocycles. The number of nitrogens with one attached hydrogen (secondary N) is 1. The lowest BCUT2D eigenvalue weighted by Crippen LogP contribution is -2.16. The van der Waals surface area contributed by atoms with Gasteiger partial charge in [-0.1, -0.05) is 12.1 Å². The Kier molecular flexibility index (Phi) is 3.42. The van der Waals surface area contributed by atoms with Gasteiger partial charge in [0.05, 0.1) is 5.52 Å². The summed E-state index contributed by atoms with van der Waals surface area (Å²) >= 11 is 0. The number of aryl methyl sites for hydroxylation is 3. The molecule has 0 atom stereocenters. The van der Waals surface area contributed by atoms with Crippen molar-refractivity contribution in [1.29, 1.82) is 0 Å². The SMILES string of the molecule is Cc1[nH]c2c(C)ccc(C)c2c(=O)c1CCC(=O)O. The topological polar surface area (TPSA) is 70.2 Å². The number of H-pyrrole nitrogens is 1. The Bertz CT molecular complexity index is 713. The van der Waals surface area contributed by atoms with E-state index in [2.05, 4.69) is 4.98 Å². The fraction of sp³-hybridized carbons (Fsp3) is 0.333. The van der Waals surface area contributed by atoms with Crippen LogP contribution in [0.5, 0.6) is 0 Å². The van der Waals surface area contributed by atoms with Crippen LogP contribution in [0.25, 0.3) is 10.9 Å². The van der Waals surface area contributed by atoms with Gasteiger partial charge in [-0.3, -0.25) is 9.59 Å². The summed E-state index contributed by atoms with van der Waals surface area (Å²) in [6, 6.07) is 3.90. The highest BCUT2D eigenvalue weighted by Gasteiger charge is 2.13. The Balaban J connectivity index is 2.71. The molecule has 1 aromatic carbocycles. The lowest BCUT2D eigenvalue weighted by Gasteiger charge is -2.10. The van der Waals surface area contributed by atoms with E-state index in [4.69, 9.17) is 5.11 Å². The first kappa shape index (κ1) is 13.3. The summed E-state index contributed by atoms with van der Waals surface area (Å²) < 4.78 is 0. The summed E-state index contributed by atoms with van der Waals surface area (Å²) in [7, 11) is 0. The molecule has 0 amide bonds. The number of hydrogen-bond donors (Lipinski definition) is 2. The van der Waals surface area contributed by atoms with Gasteiger partial charge in [0.15, 0.2) is 5.43 Å². The molecule has 0 saturated heterocycles. The number of fused-ring (bicyclic) bond motifs is 1. The van der Waals surface area contributed by atoms with Gasteiger partial charge in [-0.15, -0.1) is 0 Å². The quantitative estimate of drug-likeness (QED) is 0.889. The average molecular weight is 259 g/mol. The molecule has 0 aliphatic rings. The Hall–Kier alpha value is -2.10. The Morgan fingerprint density at radius 3 is 2.47 bits per heavy atom. The molecule has 0 saturated carbocycles. The van der Waals surface area contributed by atoms with Gasteiger partial charge in [0.25, 0.3) is 0 Å². The van der Waals surface area contributed by atoms with E-state index >= 15 is 0 Å². The minimum absolute atomic E-state index is 0.0275. The maximum Gasteiger partial charge on any atom is 0.303 e. The molecule has 1 aromatic heterocycles. The molecular formula is C15H17NO3. The highest BCUT2D eigenvalue weighted by molar-refractivity contribution is 5.85. The number of aliphatic carboxylic acids is 1. The van der Waals surface area contributed by atoms with Crippen LogP contribution in [-0.4, -0.2) is 16.1 Å². The molecule has 2 aromatic rings. The summed E-state index contributed by atoms with van der Waals surface area (Å²) in [5, 5.41) is 9.43. The molecule has 1 heterocycles. The second-order valence-electron chi connectivity index (χ2n) is 4.90. The standard InChI is InChI=1S/C15H17NO3/c1-8-4-5-9(2)14-13(8)15(19)11(10(3)16-14)6-7-12(17)18/h4-5H,6-7H2,1-3H3,(H,16,19)(H,17,18). The predicted molar refractivity (Wildman–Crippen MR) is 74.7 cm³/mol. The van der Waals surface area contributed by atoms with Crippen LogP contribution in [0.4, 0.5) is 0 Å². The third kappa shape index (κ3) is 2.38. The van der Waals surface area contributed by atoms with Crippen LogP contribution in [0.3, 0.4) is 0 Å². The van der Waals surface area contributed by atoms with Gasteiger partial charge in [-0.2, -0.15) is 0 Å². The van der Waals surface area contributed by atoms with E-state index in [0.717, 1.165) is 22.3 Å². The molecule has 4 nitrogen and oxygen atoms in total. The second kappa shape index (κ2) is 4.88. The second-order valence-corrected chi connectivity index (χ2v) is 4.90. The highest BCUT2D eigenvalue weighted by atomic mass is 16.4. The van der Waals surface area contributed by atoms with Crippen molar-refractivity contribution < 1.29 is 9.90 Å². The van der Waals surface area contributed by atoms with Crippen LogP contribution in [-0.2, 0) is 11.2 Å². The van der Waals surface area contributed by atoms with Crippen LogP contribution in [0.15, 0.2) is 16.9 Å². The zero-order valence-corrected chi connectivity index (χ0v) is 11.3. The maximum absolute atomic E-state index is 12.5. The average Bonchev–Trinajstić information content (AvgIpc) is 2.33. The minimum atomic E-state index is -0.889. The van der Waals surface area contributed by atoms with Gasteiger partial charge in [0.2, 0.25) is 0 Å². The molecule has 100 valence electrons. The normalized spacial score (nSPS) is 10.9. The summed E-state index contributed by atoms with van der Waals surface area (Å²) in [4.78, 5) is 26.4. The zero-order chi connectivity index (χ0) is 14.2. The van der Waals surface area contributed by atoms with Gasteiger partial charge in [0.1, 0.15) is 0 Å². The number of carboxylic acid groups (broad SMARTS) is 1. The minimum Gasteiger partial charge on any atom is -0.481 e. The van der Waals surface area contributed by atoms with Gasteiger partial charge in [-0.25, -0.2) is 0 Å². The molecule has 0 aliphatic carbocycles. The Morgan fingerprint density at radius 2 is 1.84 bits per heavy atom. The van der Waals surface area contributed by atoms with Crippen molar-refractivity contribution in [1.82, 2.24) is 4.98 Å². The third-order valence-corrected chi connectivity index (χ3v) is 3.48. The summed E-state index contributed by atoms with van der Waals surface area (Å²) in [6.45, 7) is 5.67. The van der Waals surface area contributed by atoms with Crippen molar-refractivity contribution in [3.63, 3.8) is 0 Å². The van der Waals surface area contributed by atoms with Crippen LogP contribution in [0, 0.1) is 20.8 Å². The van der Waals surface area contributed by atoms with E-state index < -0.39 is 5.97 Å². The Labute approximate surface area is 111 Å². The van der Waals surface area contributed by atoms with Crippen molar-refractivity contribution in [2.75, 3.05) is 0 Å². The Morgan fingerprint density at radius 1 is 1.21 bits per heavy atom. The number of pyridine rings is 1. The molecule has 19 heavy (non-hydrogen) atoms. The molecule has 4 heteroatoms. The van der Waals surface area contributed by atoms with E-state index in [0.29, 0.717) is 10.9 Å². The number of carbonyl (C=O) groups is 1. The number of benzene rings is 1. The van der Waals surface area contributed by atoms with Crippen molar-refractivity contribution in [3.05, 3.63) is 44.7 Å². The maximum atomic E-state index is 12.5. The fourth-order valence-electron chi connectivity index (χ4n) is 2.38. The van der Waals surface area contributed by atoms with Crippen LogP contribution in [0.2, 0.25) is 0 Å². The van der Waals surface area contributed by atoms with E-state index in [-0.39, 0.29) is 18.3 Å². The molecule has 0 fully saturated rings. The highest BCUT2D eigenvalue weighted by Crippen LogP contribution is 2.19. The van der Waals surface area contributed by atoms with Gasteiger partial charge in [-0.05, 0) is 38.3 Å². The number of carboxylic acids is 1. The monoisotopic (exact) mass is 259 g/mol.